The van der Waals surface area contributed by atoms with E-state index in [1.165, 1.54) is 18.2 Å². The van der Waals surface area contributed by atoms with Crippen LogP contribution in [0, 0.1) is 0 Å². The van der Waals surface area contributed by atoms with Gasteiger partial charge in [0.25, 0.3) is 0 Å². The molecule has 0 bridgehead atoms. The number of hydrogen-bond donors (Lipinski definition) is 2. The molecule has 0 spiro atoms. The van der Waals surface area contributed by atoms with E-state index < -0.39 is 36.3 Å². The highest BCUT2D eigenvalue weighted by Crippen LogP contribution is 2.37. The van der Waals surface area contributed by atoms with Crippen LogP contribution in [-0.2, 0) is 11.0 Å². The Morgan fingerprint density at radius 1 is 1.40 bits per heavy atom. The van der Waals surface area contributed by atoms with Crippen LogP contribution >= 0.6 is 0 Å². The number of carboxylic acid groups (broad SMARTS) is 1. The van der Waals surface area contributed by atoms with Crippen molar-refractivity contribution in [3.63, 3.8) is 0 Å². The van der Waals surface area contributed by atoms with Crippen LogP contribution in [0.4, 0.5) is 18.0 Å². The van der Waals surface area contributed by atoms with Gasteiger partial charge in [-0.3, -0.25) is 4.79 Å². The maximum atomic E-state index is 12.9. The maximum Gasteiger partial charge on any atom is 0.416 e. The van der Waals surface area contributed by atoms with Gasteiger partial charge < -0.3 is 15.3 Å². The molecule has 1 fully saturated rings. The second-order valence-electron chi connectivity index (χ2n) is 4.31. The van der Waals surface area contributed by atoms with Gasteiger partial charge in [0, 0.05) is 6.54 Å². The number of carbonyl (C=O) groups excluding carboxylic acids is 1. The minimum Gasteiger partial charge on any atom is -0.480 e. The largest absolute Gasteiger partial charge is 0.480 e. The molecule has 1 atom stereocenters. The molecule has 0 saturated carbocycles. The van der Waals surface area contributed by atoms with Gasteiger partial charge in [-0.1, -0.05) is 18.2 Å². The molecule has 2 N–H and O–H groups in total. The van der Waals surface area contributed by atoms with Crippen molar-refractivity contribution in [3.8, 4) is 0 Å². The normalized spacial score (nSPS) is 19.1. The smallest absolute Gasteiger partial charge is 0.416 e. The fraction of sp³-hybridized carbons (Fsp3) is 0.333. The molecule has 2 rings (SSSR count). The number of nitrogens with one attached hydrogen (secondary N) is 1. The Labute approximate surface area is 112 Å². The zero-order valence-corrected chi connectivity index (χ0v) is 10.1. The van der Waals surface area contributed by atoms with Gasteiger partial charge in [-0.2, -0.15) is 13.2 Å². The molecule has 1 aromatic rings. The van der Waals surface area contributed by atoms with E-state index in [9.17, 15) is 22.8 Å². The lowest BCUT2D eigenvalue weighted by atomic mass is 9.99. The second kappa shape index (κ2) is 5.03. The van der Waals surface area contributed by atoms with E-state index >= 15 is 0 Å². The number of halogens is 3. The third kappa shape index (κ3) is 2.68. The lowest BCUT2D eigenvalue weighted by Gasteiger charge is -2.24. The van der Waals surface area contributed by atoms with Gasteiger partial charge in [-0.05, 0) is 11.6 Å². The number of urea groups is 1. The van der Waals surface area contributed by atoms with E-state index in [-0.39, 0.29) is 12.1 Å². The molecule has 1 unspecified atom stereocenters. The van der Waals surface area contributed by atoms with Gasteiger partial charge >= 0.3 is 18.2 Å². The topological polar surface area (TPSA) is 69.6 Å². The fourth-order valence-corrected chi connectivity index (χ4v) is 2.19. The summed E-state index contributed by atoms with van der Waals surface area (Å²) in [7, 11) is 0. The predicted octanol–water partition coefficient (Wildman–Crippen LogP) is 1.86. The predicted molar refractivity (Wildman–Crippen MR) is 61.9 cm³/mol. The molecule has 1 heterocycles. The SMILES string of the molecule is O=C(O)CN1C(=O)NCC1c1ccccc1C(F)(F)F. The molecule has 1 aliphatic heterocycles. The molecule has 5 nitrogen and oxygen atoms in total. The number of hydrogen-bond acceptors (Lipinski definition) is 2. The Bertz CT molecular complexity index is 545. The maximum absolute atomic E-state index is 12.9. The third-order valence-corrected chi connectivity index (χ3v) is 3.01. The summed E-state index contributed by atoms with van der Waals surface area (Å²) in [4.78, 5) is 23.1. The van der Waals surface area contributed by atoms with Gasteiger partial charge in [-0.25, -0.2) is 4.79 Å². The zero-order valence-electron chi connectivity index (χ0n) is 10.1. The summed E-state index contributed by atoms with van der Waals surface area (Å²) in [5.74, 6) is -1.28. The summed E-state index contributed by atoms with van der Waals surface area (Å²) >= 11 is 0. The number of benzene rings is 1. The number of carbonyl (C=O) groups is 2. The van der Waals surface area contributed by atoms with Crippen LogP contribution in [0.5, 0.6) is 0 Å². The monoisotopic (exact) mass is 288 g/mol. The van der Waals surface area contributed by atoms with Gasteiger partial charge in [0.05, 0.1) is 11.6 Å². The van der Waals surface area contributed by atoms with Crippen molar-refractivity contribution >= 4 is 12.0 Å². The summed E-state index contributed by atoms with van der Waals surface area (Å²) in [6, 6.07) is 3.20. The Kier molecular flexibility index (Phi) is 3.56. The molecule has 0 radical (unpaired) electrons. The van der Waals surface area contributed by atoms with Crippen LogP contribution < -0.4 is 5.32 Å². The van der Waals surface area contributed by atoms with Gasteiger partial charge in [0.1, 0.15) is 6.54 Å². The number of aliphatic carboxylic acids is 1. The van der Waals surface area contributed by atoms with E-state index in [0.29, 0.717) is 0 Å². The zero-order chi connectivity index (χ0) is 14.9. The second-order valence-corrected chi connectivity index (χ2v) is 4.31. The summed E-state index contributed by atoms with van der Waals surface area (Å²) < 4.78 is 38.8. The Hall–Kier alpha value is -2.25. The Morgan fingerprint density at radius 2 is 2.05 bits per heavy atom. The molecule has 0 aromatic heterocycles. The van der Waals surface area contributed by atoms with Crippen LogP contribution in [0.25, 0.3) is 0 Å². The molecular formula is C12H11F3N2O3. The minimum atomic E-state index is -4.56. The van der Waals surface area contributed by atoms with E-state index in [1.54, 1.807) is 0 Å². The Balaban J connectivity index is 2.40. The number of nitrogens with zero attached hydrogens (tertiary/aromatic N) is 1. The minimum absolute atomic E-state index is 0.0563. The highest BCUT2D eigenvalue weighted by Gasteiger charge is 2.40. The lowest BCUT2D eigenvalue weighted by molar-refractivity contribution is -0.138. The van der Waals surface area contributed by atoms with Crippen LogP contribution in [0.1, 0.15) is 17.2 Å². The van der Waals surface area contributed by atoms with Crippen LogP contribution in [0.2, 0.25) is 0 Å². The number of amides is 2. The Morgan fingerprint density at radius 3 is 2.65 bits per heavy atom. The average Bonchev–Trinajstić information content (AvgIpc) is 2.69. The van der Waals surface area contributed by atoms with Gasteiger partial charge in [-0.15, -0.1) is 0 Å². The first kappa shape index (κ1) is 14.2. The van der Waals surface area contributed by atoms with E-state index in [1.807, 2.05) is 0 Å². The number of alkyl halides is 3. The van der Waals surface area contributed by atoms with E-state index in [2.05, 4.69) is 5.32 Å². The molecule has 0 aliphatic carbocycles. The number of carboxylic acids is 1. The third-order valence-electron chi connectivity index (χ3n) is 3.01. The van der Waals surface area contributed by atoms with Gasteiger partial charge in [0.2, 0.25) is 0 Å². The molecule has 20 heavy (non-hydrogen) atoms. The first-order chi connectivity index (χ1) is 9.30. The van der Waals surface area contributed by atoms with Crippen molar-refractivity contribution in [1.82, 2.24) is 10.2 Å². The van der Waals surface area contributed by atoms with Gasteiger partial charge in [0.15, 0.2) is 0 Å². The van der Waals surface area contributed by atoms with Crippen molar-refractivity contribution in [3.05, 3.63) is 35.4 Å². The first-order valence-corrected chi connectivity index (χ1v) is 5.73. The molecule has 1 aliphatic rings. The van der Waals surface area contributed by atoms with Crippen molar-refractivity contribution < 1.29 is 27.9 Å². The molecule has 2 amide bonds. The van der Waals surface area contributed by atoms with Crippen molar-refractivity contribution in [1.29, 1.82) is 0 Å². The van der Waals surface area contributed by atoms with Crippen LogP contribution in [0.3, 0.4) is 0 Å². The number of rotatable bonds is 3. The summed E-state index contributed by atoms with van der Waals surface area (Å²) in [5.41, 5.74) is -0.975. The highest BCUT2D eigenvalue weighted by molar-refractivity contribution is 5.82. The molecular weight excluding hydrogens is 277 g/mol. The lowest BCUT2D eigenvalue weighted by Crippen LogP contribution is -2.35. The fourth-order valence-electron chi connectivity index (χ4n) is 2.19. The summed E-state index contributed by atoms with van der Waals surface area (Å²) in [6.07, 6.45) is -4.56. The highest BCUT2D eigenvalue weighted by atomic mass is 19.4. The molecule has 108 valence electrons. The van der Waals surface area contributed by atoms with Crippen molar-refractivity contribution in [2.75, 3.05) is 13.1 Å². The van der Waals surface area contributed by atoms with E-state index in [4.69, 9.17) is 5.11 Å². The molecule has 8 heteroatoms. The first-order valence-electron chi connectivity index (χ1n) is 5.73. The standard InChI is InChI=1S/C12H11F3N2O3/c13-12(14,15)8-4-2-1-3-7(8)9-5-16-11(20)17(9)6-10(18)19/h1-4,9H,5-6H2,(H,16,20)(H,18,19). The average molecular weight is 288 g/mol. The van der Waals surface area contributed by atoms with Crippen molar-refractivity contribution in [2.45, 2.75) is 12.2 Å². The molecule has 1 aromatic carbocycles. The molecule has 1 saturated heterocycles. The summed E-state index contributed by atoms with van der Waals surface area (Å²) in [5, 5.41) is 11.1. The summed E-state index contributed by atoms with van der Waals surface area (Å²) in [6.45, 7) is -0.706. The quantitative estimate of drug-likeness (QED) is 0.892. The van der Waals surface area contributed by atoms with Crippen molar-refractivity contribution in [2.24, 2.45) is 0 Å². The van der Waals surface area contributed by atoms with Crippen LogP contribution in [-0.4, -0.2) is 35.1 Å². The van der Waals surface area contributed by atoms with Crippen LogP contribution in [0.15, 0.2) is 24.3 Å². The van der Waals surface area contributed by atoms with E-state index in [0.717, 1.165) is 11.0 Å².